The quantitative estimate of drug-likeness (QED) is 0.243. The molecule has 9 heteroatoms. The van der Waals surface area contributed by atoms with Crippen molar-refractivity contribution in [3.8, 4) is 11.5 Å². The second-order valence-electron chi connectivity index (χ2n) is 9.40. The number of carbonyl (C=O) groups excluding carboxylic acids is 2. The van der Waals surface area contributed by atoms with Crippen molar-refractivity contribution in [1.29, 1.82) is 0 Å². The summed E-state index contributed by atoms with van der Waals surface area (Å²) in [6, 6.07) is 20.6. The molecule has 0 aliphatic carbocycles. The predicted molar refractivity (Wildman–Crippen MR) is 156 cm³/mol. The fourth-order valence-electron chi connectivity index (χ4n) is 4.61. The number of hydrogen-bond acceptors (Lipinski definition) is 8. The summed E-state index contributed by atoms with van der Waals surface area (Å²) in [7, 11) is 1.58. The van der Waals surface area contributed by atoms with Crippen LogP contribution in [0.3, 0.4) is 0 Å². The van der Waals surface area contributed by atoms with E-state index in [4.69, 9.17) is 14.2 Å². The molecule has 0 radical (unpaired) electrons. The normalized spacial score (nSPS) is 14.7. The van der Waals surface area contributed by atoms with Crippen LogP contribution in [0.15, 0.2) is 93.9 Å². The SMILES string of the molecule is CCOC(=O)C1=C(C)N=c2s/c(=C/c3ccc(OC(=O)c4cccc(C)c4)cc3)c(=O)n2C1c1ccc(OC)cc1. The fourth-order valence-corrected chi connectivity index (χ4v) is 5.66. The number of rotatable bonds is 7. The first kappa shape index (κ1) is 27.8. The van der Waals surface area contributed by atoms with Crippen LogP contribution >= 0.6 is 11.3 Å². The molecule has 0 fully saturated rings. The highest BCUT2D eigenvalue weighted by Gasteiger charge is 2.33. The smallest absolute Gasteiger partial charge is 0.343 e. The van der Waals surface area contributed by atoms with Crippen molar-refractivity contribution in [3.05, 3.63) is 126 Å². The first-order chi connectivity index (χ1) is 19.8. The number of fused-ring (bicyclic) bond motifs is 1. The van der Waals surface area contributed by atoms with Gasteiger partial charge in [0.25, 0.3) is 5.56 Å². The minimum absolute atomic E-state index is 0.200. The van der Waals surface area contributed by atoms with Crippen LogP contribution in [0.4, 0.5) is 0 Å². The Morgan fingerprint density at radius 3 is 2.34 bits per heavy atom. The monoisotopic (exact) mass is 568 g/mol. The molecule has 5 rings (SSSR count). The van der Waals surface area contributed by atoms with Crippen molar-refractivity contribution in [2.75, 3.05) is 13.7 Å². The number of nitrogens with zero attached hydrogens (tertiary/aromatic N) is 2. The molecule has 1 unspecified atom stereocenters. The second kappa shape index (κ2) is 11.8. The number of esters is 2. The molecule has 1 aliphatic rings. The van der Waals surface area contributed by atoms with Crippen molar-refractivity contribution in [1.82, 2.24) is 4.57 Å². The van der Waals surface area contributed by atoms with Crippen molar-refractivity contribution < 1.29 is 23.8 Å². The van der Waals surface area contributed by atoms with Crippen LogP contribution in [0.5, 0.6) is 11.5 Å². The molecule has 8 nitrogen and oxygen atoms in total. The minimum Gasteiger partial charge on any atom is -0.497 e. The lowest BCUT2D eigenvalue weighted by atomic mass is 9.96. The van der Waals surface area contributed by atoms with Crippen LogP contribution in [0.25, 0.3) is 6.08 Å². The molecule has 2 heterocycles. The molecule has 0 spiro atoms. The molecular formula is C32H28N2O6S. The van der Waals surface area contributed by atoms with Gasteiger partial charge in [0.1, 0.15) is 11.5 Å². The average Bonchev–Trinajstić information content (AvgIpc) is 3.27. The number of hydrogen-bond donors (Lipinski definition) is 0. The van der Waals surface area contributed by atoms with Crippen molar-refractivity contribution in [2.24, 2.45) is 4.99 Å². The van der Waals surface area contributed by atoms with Gasteiger partial charge in [-0.25, -0.2) is 14.6 Å². The van der Waals surface area contributed by atoms with Gasteiger partial charge in [0.05, 0.1) is 41.1 Å². The van der Waals surface area contributed by atoms with Gasteiger partial charge >= 0.3 is 11.9 Å². The van der Waals surface area contributed by atoms with E-state index < -0.39 is 18.0 Å². The Hall–Kier alpha value is -4.76. The van der Waals surface area contributed by atoms with Gasteiger partial charge in [-0.2, -0.15) is 0 Å². The molecule has 0 N–H and O–H groups in total. The van der Waals surface area contributed by atoms with Gasteiger partial charge in [-0.3, -0.25) is 9.36 Å². The third-order valence-electron chi connectivity index (χ3n) is 6.59. The van der Waals surface area contributed by atoms with E-state index in [2.05, 4.69) is 4.99 Å². The van der Waals surface area contributed by atoms with Crippen LogP contribution in [0.2, 0.25) is 0 Å². The summed E-state index contributed by atoms with van der Waals surface area (Å²) in [5.74, 6) is 0.0950. The minimum atomic E-state index is -0.707. The first-order valence-corrected chi connectivity index (χ1v) is 13.8. The number of aromatic nitrogens is 1. The van der Waals surface area contributed by atoms with Gasteiger partial charge in [0.2, 0.25) is 0 Å². The van der Waals surface area contributed by atoms with Gasteiger partial charge in [0.15, 0.2) is 4.80 Å². The van der Waals surface area contributed by atoms with Gasteiger partial charge < -0.3 is 14.2 Å². The maximum atomic E-state index is 13.8. The maximum Gasteiger partial charge on any atom is 0.343 e. The van der Waals surface area contributed by atoms with Crippen LogP contribution in [-0.2, 0) is 9.53 Å². The number of thiazole rings is 1. The summed E-state index contributed by atoms with van der Waals surface area (Å²) in [6.45, 7) is 5.59. The number of allylic oxidation sites excluding steroid dienone is 1. The summed E-state index contributed by atoms with van der Waals surface area (Å²) in [4.78, 5) is 44.4. The summed E-state index contributed by atoms with van der Waals surface area (Å²) < 4.78 is 18.1. The Morgan fingerprint density at radius 1 is 0.976 bits per heavy atom. The predicted octanol–water partition coefficient (Wildman–Crippen LogP) is 4.33. The molecular weight excluding hydrogens is 540 g/mol. The Balaban J connectivity index is 1.50. The molecule has 208 valence electrons. The Morgan fingerprint density at radius 2 is 1.68 bits per heavy atom. The van der Waals surface area contributed by atoms with Gasteiger partial charge in [0, 0.05) is 0 Å². The molecule has 4 aromatic rings. The molecule has 0 bridgehead atoms. The lowest BCUT2D eigenvalue weighted by Crippen LogP contribution is -2.39. The highest BCUT2D eigenvalue weighted by Crippen LogP contribution is 2.31. The summed E-state index contributed by atoms with van der Waals surface area (Å²) in [5, 5.41) is 0. The van der Waals surface area contributed by atoms with Gasteiger partial charge in [-0.05, 0) is 74.4 Å². The third kappa shape index (κ3) is 5.76. The summed E-state index contributed by atoms with van der Waals surface area (Å²) in [6.07, 6.45) is 1.75. The van der Waals surface area contributed by atoms with Crippen molar-refractivity contribution in [2.45, 2.75) is 26.8 Å². The van der Waals surface area contributed by atoms with Gasteiger partial charge in [-0.1, -0.05) is 53.3 Å². The average molecular weight is 569 g/mol. The van der Waals surface area contributed by atoms with E-state index >= 15 is 0 Å². The Bertz CT molecular complexity index is 1830. The molecule has 3 aromatic carbocycles. The Kier molecular flexibility index (Phi) is 7.98. The number of benzene rings is 3. The van der Waals surface area contributed by atoms with Gasteiger partial charge in [-0.15, -0.1) is 0 Å². The number of ether oxygens (including phenoxy) is 3. The molecule has 0 saturated carbocycles. The van der Waals surface area contributed by atoms with E-state index in [1.54, 1.807) is 81.6 Å². The van der Waals surface area contributed by atoms with E-state index in [-0.39, 0.29) is 12.2 Å². The topological polar surface area (TPSA) is 96.2 Å². The van der Waals surface area contributed by atoms with Crippen LogP contribution in [-0.4, -0.2) is 30.2 Å². The summed E-state index contributed by atoms with van der Waals surface area (Å²) in [5.41, 5.74) is 3.45. The largest absolute Gasteiger partial charge is 0.497 e. The van der Waals surface area contributed by atoms with Crippen molar-refractivity contribution in [3.63, 3.8) is 0 Å². The zero-order chi connectivity index (χ0) is 29.1. The maximum absolute atomic E-state index is 13.8. The molecule has 1 atom stereocenters. The molecule has 1 aliphatic heterocycles. The lowest BCUT2D eigenvalue weighted by molar-refractivity contribution is -0.139. The van der Waals surface area contributed by atoms with E-state index in [1.165, 1.54) is 15.9 Å². The van der Waals surface area contributed by atoms with Crippen LogP contribution in [0, 0.1) is 6.92 Å². The lowest BCUT2D eigenvalue weighted by Gasteiger charge is -2.24. The second-order valence-corrected chi connectivity index (χ2v) is 10.4. The Labute approximate surface area is 240 Å². The molecule has 41 heavy (non-hydrogen) atoms. The van der Waals surface area contributed by atoms with E-state index in [1.807, 2.05) is 25.1 Å². The molecule has 1 aromatic heterocycles. The highest BCUT2D eigenvalue weighted by molar-refractivity contribution is 7.07. The van der Waals surface area contributed by atoms with Crippen LogP contribution in [0.1, 0.15) is 46.9 Å². The third-order valence-corrected chi connectivity index (χ3v) is 7.57. The van der Waals surface area contributed by atoms with E-state index in [0.717, 1.165) is 16.7 Å². The zero-order valence-electron chi connectivity index (χ0n) is 23.0. The number of methoxy groups -OCH3 is 1. The molecule has 0 amide bonds. The van der Waals surface area contributed by atoms with Crippen LogP contribution < -0.4 is 24.4 Å². The van der Waals surface area contributed by atoms with E-state index in [0.29, 0.717) is 37.7 Å². The number of carbonyl (C=O) groups is 2. The fraction of sp³-hybridized carbons (Fsp3) is 0.188. The zero-order valence-corrected chi connectivity index (χ0v) is 23.9. The molecule has 0 saturated heterocycles. The standard InChI is InChI=1S/C32H28N2O6S/c1-5-39-31(37)27-20(3)33-32-34(28(27)22-11-15-24(38-4)16-12-22)29(35)26(41-32)18-21-9-13-25(14-10-21)40-30(36)23-8-6-7-19(2)17-23/h6-18,28H,5H2,1-4H3/b26-18+. The summed E-state index contributed by atoms with van der Waals surface area (Å²) >= 11 is 1.24. The first-order valence-electron chi connectivity index (χ1n) is 13.0. The van der Waals surface area contributed by atoms with Crippen molar-refractivity contribution >= 4 is 29.4 Å². The highest BCUT2D eigenvalue weighted by atomic mass is 32.1. The van der Waals surface area contributed by atoms with E-state index in [9.17, 15) is 14.4 Å². The number of aryl methyl sites for hydroxylation is 1.